The van der Waals surface area contributed by atoms with E-state index in [0.717, 1.165) is 22.0 Å². The van der Waals surface area contributed by atoms with Crippen LogP contribution in [0.25, 0.3) is 22.0 Å². The number of pyridine rings is 1. The SMILES string of the molecule is C=CC/C(=C\C(=O)O)C(=O)O.NCc1ccccc1-c1cnc2ccccc2c1. The van der Waals surface area contributed by atoms with Crippen LogP contribution in [0.1, 0.15) is 12.0 Å². The van der Waals surface area contributed by atoms with Gasteiger partial charge in [0.15, 0.2) is 0 Å². The van der Waals surface area contributed by atoms with Crippen molar-refractivity contribution in [1.82, 2.24) is 4.98 Å². The normalized spacial score (nSPS) is 10.7. The number of para-hydroxylation sites is 1. The zero-order valence-corrected chi connectivity index (χ0v) is 15.8. The second kappa shape index (κ2) is 10.5. The van der Waals surface area contributed by atoms with E-state index in [4.69, 9.17) is 15.9 Å². The van der Waals surface area contributed by atoms with Crippen molar-refractivity contribution in [1.29, 1.82) is 0 Å². The average molecular weight is 390 g/mol. The molecule has 1 aromatic heterocycles. The molecule has 0 unspecified atom stereocenters. The summed E-state index contributed by atoms with van der Waals surface area (Å²) in [5, 5.41) is 17.7. The quantitative estimate of drug-likeness (QED) is 0.433. The van der Waals surface area contributed by atoms with E-state index in [9.17, 15) is 9.59 Å². The topological polar surface area (TPSA) is 114 Å². The van der Waals surface area contributed by atoms with Crippen molar-refractivity contribution in [3.8, 4) is 11.1 Å². The monoisotopic (exact) mass is 390 g/mol. The third-order valence-electron chi connectivity index (χ3n) is 4.08. The van der Waals surface area contributed by atoms with Gasteiger partial charge in [0.2, 0.25) is 0 Å². The van der Waals surface area contributed by atoms with Gasteiger partial charge in [-0.15, -0.1) is 6.58 Å². The van der Waals surface area contributed by atoms with Crippen molar-refractivity contribution in [3.63, 3.8) is 0 Å². The highest BCUT2D eigenvalue weighted by molar-refractivity contribution is 5.94. The number of nitrogens with zero attached hydrogens (tertiary/aromatic N) is 1. The van der Waals surface area contributed by atoms with E-state index in [2.05, 4.69) is 35.8 Å². The number of carboxylic acids is 2. The summed E-state index contributed by atoms with van der Waals surface area (Å²) in [6, 6.07) is 18.5. The minimum Gasteiger partial charge on any atom is -0.478 e. The standard InChI is InChI=1S/C16H14N2.C7H8O4/c17-10-13-6-1-3-7-15(13)14-9-12-5-2-4-8-16(12)18-11-14;1-2-3-5(7(10)11)4-6(8)9/h1-9,11H,10,17H2;2,4H,1,3H2,(H,8,9)(H,10,11)/b;5-4+. The lowest BCUT2D eigenvalue weighted by Gasteiger charge is -2.08. The van der Waals surface area contributed by atoms with Gasteiger partial charge in [-0.3, -0.25) is 4.98 Å². The van der Waals surface area contributed by atoms with E-state index in [0.29, 0.717) is 12.6 Å². The molecular formula is C23H22N2O4. The predicted molar refractivity (Wildman–Crippen MR) is 113 cm³/mol. The van der Waals surface area contributed by atoms with Crippen LogP contribution >= 0.6 is 0 Å². The first-order valence-corrected chi connectivity index (χ1v) is 8.87. The summed E-state index contributed by atoms with van der Waals surface area (Å²) in [4.78, 5) is 24.8. The number of nitrogens with two attached hydrogens (primary N) is 1. The summed E-state index contributed by atoms with van der Waals surface area (Å²) < 4.78 is 0. The molecule has 0 amide bonds. The molecule has 3 aromatic rings. The Morgan fingerprint density at radius 3 is 2.41 bits per heavy atom. The Hall–Kier alpha value is -3.77. The number of rotatable bonds is 6. The predicted octanol–water partition coefficient (Wildman–Crippen LogP) is 4.02. The van der Waals surface area contributed by atoms with Crippen LogP contribution in [0.3, 0.4) is 0 Å². The summed E-state index contributed by atoms with van der Waals surface area (Å²) in [7, 11) is 0. The number of fused-ring (bicyclic) bond motifs is 1. The van der Waals surface area contributed by atoms with Crippen molar-refractivity contribution >= 4 is 22.8 Å². The van der Waals surface area contributed by atoms with E-state index in [1.54, 1.807) is 0 Å². The first kappa shape index (κ1) is 21.5. The third kappa shape index (κ3) is 6.12. The number of hydrogen-bond donors (Lipinski definition) is 3. The van der Waals surface area contributed by atoms with Crippen LogP contribution in [0.5, 0.6) is 0 Å². The fourth-order valence-electron chi connectivity index (χ4n) is 2.71. The second-order valence-electron chi connectivity index (χ2n) is 6.08. The third-order valence-corrected chi connectivity index (χ3v) is 4.08. The maximum absolute atomic E-state index is 10.2. The van der Waals surface area contributed by atoms with Crippen molar-refractivity contribution in [3.05, 3.63) is 90.7 Å². The summed E-state index contributed by atoms with van der Waals surface area (Å²) in [6.45, 7) is 3.84. The molecule has 6 nitrogen and oxygen atoms in total. The van der Waals surface area contributed by atoms with Crippen LogP contribution in [0.4, 0.5) is 0 Å². The van der Waals surface area contributed by atoms with Crippen molar-refractivity contribution in [2.75, 3.05) is 0 Å². The maximum Gasteiger partial charge on any atom is 0.332 e. The molecule has 0 saturated carbocycles. The Morgan fingerprint density at radius 2 is 1.76 bits per heavy atom. The van der Waals surface area contributed by atoms with Gasteiger partial charge in [-0.2, -0.15) is 0 Å². The van der Waals surface area contributed by atoms with Gasteiger partial charge in [-0.05, 0) is 29.7 Å². The molecule has 148 valence electrons. The van der Waals surface area contributed by atoms with Gasteiger partial charge in [0.25, 0.3) is 0 Å². The van der Waals surface area contributed by atoms with E-state index >= 15 is 0 Å². The number of allylic oxidation sites excluding steroid dienone is 1. The van der Waals surface area contributed by atoms with Crippen LogP contribution in [0.15, 0.2) is 85.1 Å². The number of carboxylic acid groups (broad SMARTS) is 2. The average Bonchev–Trinajstić information content (AvgIpc) is 2.73. The van der Waals surface area contributed by atoms with Gasteiger partial charge in [0.1, 0.15) is 0 Å². The Bertz CT molecular complexity index is 1060. The lowest BCUT2D eigenvalue weighted by Crippen LogP contribution is -2.02. The van der Waals surface area contributed by atoms with Gasteiger partial charge >= 0.3 is 11.9 Å². The lowest BCUT2D eigenvalue weighted by molar-refractivity contribution is -0.135. The summed E-state index contributed by atoms with van der Waals surface area (Å²) in [5.74, 6) is -2.49. The zero-order chi connectivity index (χ0) is 21.2. The lowest BCUT2D eigenvalue weighted by atomic mass is 10.00. The van der Waals surface area contributed by atoms with Gasteiger partial charge in [0, 0.05) is 35.3 Å². The molecule has 0 saturated heterocycles. The second-order valence-corrected chi connectivity index (χ2v) is 6.08. The van der Waals surface area contributed by atoms with E-state index in [1.807, 2.05) is 36.5 Å². The maximum atomic E-state index is 10.2. The first-order valence-electron chi connectivity index (χ1n) is 8.87. The minimum absolute atomic E-state index is 0.0572. The molecule has 0 fully saturated rings. The van der Waals surface area contributed by atoms with Crippen molar-refractivity contribution in [2.24, 2.45) is 5.73 Å². The van der Waals surface area contributed by atoms with E-state index < -0.39 is 11.9 Å². The van der Waals surface area contributed by atoms with Gasteiger partial charge in [-0.1, -0.05) is 48.5 Å². The fraction of sp³-hybridized carbons (Fsp3) is 0.0870. The fourth-order valence-corrected chi connectivity index (χ4v) is 2.71. The first-order chi connectivity index (χ1) is 14.0. The van der Waals surface area contributed by atoms with Gasteiger partial charge in [0.05, 0.1) is 5.52 Å². The molecule has 0 spiro atoms. The Labute approximate surface area is 168 Å². The molecule has 0 bridgehead atoms. The minimum atomic E-state index is -1.26. The summed E-state index contributed by atoms with van der Waals surface area (Å²) in [5.41, 5.74) is 10.1. The van der Waals surface area contributed by atoms with Crippen LogP contribution in [0.2, 0.25) is 0 Å². The highest BCUT2D eigenvalue weighted by atomic mass is 16.4. The van der Waals surface area contributed by atoms with Gasteiger partial charge < -0.3 is 15.9 Å². The van der Waals surface area contributed by atoms with Crippen LogP contribution in [-0.4, -0.2) is 27.1 Å². The number of aliphatic carboxylic acids is 2. The van der Waals surface area contributed by atoms with E-state index in [-0.39, 0.29) is 12.0 Å². The number of carbonyl (C=O) groups is 2. The number of aromatic nitrogens is 1. The Morgan fingerprint density at radius 1 is 1.07 bits per heavy atom. The van der Waals surface area contributed by atoms with Crippen LogP contribution < -0.4 is 5.73 Å². The molecule has 0 radical (unpaired) electrons. The summed E-state index contributed by atoms with van der Waals surface area (Å²) >= 11 is 0. The molecule has 29 heavy (non-hydrogen) atoms. The Kier molecular flexibility index (Phi) is 7.82. The number of hydrogen-bond acceptors (Lipinski definition) is 4. The largest absolute Gasteiger partial charge is 0.478 e. The highest BCUT2D eigenvalue weighted by Crippen LogP contribution is 2.25. The summed E-state index contributed by atoms with van der Waals surface area (Å²) in [6.07, 6.45) is 3.96. The smallest absolute Gasteiger partial charge is 0.332 e. The molecule has 6 heteroatoms. The molecule has 0 aliphatic heterocycles. The Balaban J connectivity index is 0.000000237. The number of benzene rings is 2. The molecule has 2 aromatic carbocycles. The van der Waals surface area contributed by atoms with Crippen molar-refractivity contribution in [2.45, 2.75) is 13.0 Å². The molecule has 0 atom stereocenters. The molecular weight excluding hydrogens is 368 g/mol. The molecule has 4 N–H and O–H groups in total. The van der Waals surface area contributed by atoms with Gasteiger partial charge in [-0.25, -0.2) is 9.59 Å². The molecule has 0 aliphatic carbocycles. The van der Waals surface area contributed by atoms with E-state index in [1.165, 1.54) is 11.6 Å². The zero-order valence-electron chi connectivity index (χ0n) is 15.8. The molecule has 3 rings (SSSR count). The molecule has 1 heterocycles. The highest BCUT2D eigenvalue weighted by Gasteiger charge is 2.06. The molecule has 0 aliphatic rings. The van der Waals surface area contributed by atoms with Crippen LogP contribution in [-0.2, 0) is 16.1 Å². The van der Waals surface area contributed by atoms with Crippen LogP contribution in [0, 0.1) is 0 Å². The van der Waals surface area contributed by atoms with Crippen molar-refractivity contribution < 1.29 is 19.8 Å².